The lowest BCUT2D eigenvalue weighted by atomic mass is 9.83. The number of nitrogens with zero attached hydrogens (tertiary/aromatic N) is 2. The summed E-state index contributed by atoms with van der Waals surface area (Å²) in [5.74, 6) is 0. The lowest BCUT2D eigenvalue weighted by Crippen LogP contribution is -2.36. The SMILES string of the molecule is CC(C)(C)C1=CCN(S(=O)(=O)c2cccc(C#N)c2)CC1. The van der Waals surface area contributed by atoms with Gasteiger partial charge >= 0.3 is 0 Å². The predicted molar refractivity (Wildman–Crippen MR) is 82.1 cm³/mol. The van der Waals surface area contributed by atoms with E-state index in [1.807, 2.05) is 12.1 Å². The molecule has 0 bridgehead atoms. The van der Waals surface area contributed by atoms with Crippen LogP contribution >= 0.6 is 0 Å². The van der Waals surface area contributed by atoms with Gasteiger partial charge in [-0.1, -0.05) is 38.5 Å². The van der Waals surface area contributed by atoms with Gasteiger partial charge in [0.25, 0.3) is 0 Å². The molecule has 0 spiro atoms. The van der Waals surface area contributed by atoms with Gasteiger partial charge in [0, 0.05) is 13.1 Å². The highest BCUT2D eigenvalue weighted by atomic mass is 32.2. The molecule has 2 rings (SSSR count). The maximum Gasteiger partial charge on any atom is 0.243 e. The Balaban J connectivity index is 2.27. The molecular formula is C16H20N2O2S. The molecule has 5 heteroatoms. The maximum absolute atomic E-state index is 12.6. The third-order valence-corrected chi connectivity index (χ3v) is 5.60. The van der Waals surface area contributed by atoms with Crippen molar-refractivity contribution in [3.05, 3.63) is 41.5 Å². The molecule has 0 saturated heterocycles. The second kappa shape index (κ2) is 5.63. The summed E-state index contributed by atoms with van der Waals surface area (Å²) in [7, 11) is -3.53. The Morgan fingerprint density at radius 1 is 1.29 bits per heavy atom. The minimum absolute atomic E-state index is 0.0799. The van der Waals surface area contributed by atoms with Gasteiger partial charge in [0.15, 0.2) is 0 Å². The van der Waals surface area contributed by atoms with E-state index in [1.165, 1.54) is 15.9 Å². The Hall–Kier alpha value is -1.64. The fourth-order valence-electron chi connectivity index (χ4n) is 2.43. The summed E-state index contributed by atoms with van der Waals surface area (Å²) in [5, 5.41) is 8.89. The van der Waals surface area contributed by atoms with Crippen molar-refractivity contribution >= 4 is 10.0 Å². The number of sulfonamides is 1. The lowest BCUT2D eigenvalue weighted by molar-refractivity contribution is 0.389. The average Bonchev–Trinajstić information content (AvgIpc) is 2.46. The molecule has 0 radical (unpaired) electrons. The summed E-state index contributed by atoms with van der Waals surface area (Å²) in [6.07, 6.45) is 2.76. The van der Waals surface area contributed by atoms with Crippen LogP contribution in [0.3, 0.4) is 0 Å². The van der Waals surface area contributed by atoms with E-state index >= 15 is 0 Å². The van der Waals surface area contributed by atoms with E-state index in [9.17, 15) is 8.42 Å². The van der Waals surface area contributed by atoms with Gasteiger partial charge in [-0.2, -0.15) is 9.57 Å². The first-order valence-electron chi connectivity index (χ1n) is 6.95. The summed E-state index contributed by atoms with van der Waals surface area (Å²) < 4.78 is 26.7. The molecule has 0 unspecified atom stereocenters. The van der Waals surface area contributed by atoms with E-state index in [1.54, 1.807) is 18.2 Å². The number of nitriles is 1. The molecule has 1 aliphatic rings. The summed E-state index contributed by atoms with van der Waals surface area (Å²) in [6.45, 7) is 7.30. The molecule has 21 heavy (non-hydrogen) atoms. The fourth-order valence-corrected chi connectivity index (χ4v) is 3.85. The summed E-state index contributed by atoms with van der Waals surface area (Å²) in [6, 6.07) is 8.15. The number of rotatable bonds is 2. The van der Waals surface area contributed by atoms with E-state index < -0.39 is 10.0 Å². The molecule has 112 valence electrons. The number of benzene rings is 1. The van der Waals surface area contributed by atoms with Crippen molar-refractivity contribution in [3.8, 4) is 6.07 Å². The molecule has 0 aromatic heterocycles. The standard InChI is InChI=1S/C16H20N2O2S/c1-16(2,3)14-7-9-18(10-8-14)21(19,20)15-6-4-5-13(11-15)12-17/h4-7,11H,8-10H2,1-3H3. The number of hydrogen-bond acceptors (Lipinski definition) is 3. The minimum atomic E-state index is -3.53. The predicted octanol–water partition coefficient (Wildman–Crippen LogP) is 2.93. The molecule has 1 aromatic rings. The molecule has 1 aromatic carbocycles. The van der Waals surface area contributed by atoms with Gasteiger partial charge in [0.1, 0.15) is 0 Å². The highest BCUT2D eigenvalue weighted by Gasteiger charge is 2.29. The zero-order valence-corrected chi connectivity index (χ0v) is 13.4. The van der Waals surface area contributed by atoms with Crippen molar-refractivity contribution in [3.63, 3.8) is 0 Å². The molecule has 0 atom stereocenters. The van der Waals surface area contributed by atoms with Crippen molar-refractivity contribution in [2.45, 2.75) is 32.1 Å². The largest absolute Gasteiger partial charge is 0.243 e. The van der Waals surface area contributed by atoms with Crippen LogP contribution in [0.2, 0.25) is 0 Å². The fraction of sp³-hybridized carbons (Fsp3) is 0.438. The Morgan fingerprint density at radius 3 is 2.52 bits per heavy atom. The van der Waals surface area contributed by atoms with Gasteiger partial charge in [-0.05, 0) is 30.0 Å². The first kappa shape index (κ1) is 15.7. The molecule has 1 heterocycles. The first-order valence-corrected chi connectivity index (χ1v) is 8.39. The molecule has 0 N–H and O–H groups in total. The van der Waals surface area contributed by atoms with E-state index in [-0.39, 0.29) is 10.3 Å². The number of hydrogen-bond donors (Lipinski definition) is 0. The summed E-state index contributed by atoms with van der Waals surface area (Å²) in [4.78, 5) is 0.189. The third kappa shape index (κ3) is 3.34. The third-order valence-electron chi connectivity index (χ3n) is 3.74. The average molecular weight is 304 g/mol. The topological polar surface area (TPSA) is 61.2 Å². The van der Waals surface area contributed by atoms with E-state index in [4.69, 9.17) is 5.26 Å². The van der Waals surface area contributed by atoms with Crippen molar-refractivity contribution in [2.24, 2.45) is 5.41 Å². The highest BCUT2D eigenvalue weighted by Crippen LogP contribution is 2.31. The molecule has 0 aliphatic carbocycles. The molecule has 4 nitrogen and oxygen atoms in total. The van der Waals surface area contributed by atoms with Crippen LogP contribution in [0.25, 0.3) is 0 Å². The summed E-state index contributed by atoms with van der Waals surface area (Å²) >= 11 is 0. The second-order valence-corrected chi connectivity index (χ2v) is 8.17. The quantitative estimate of drug-likeness (QED) is 0.789. The lowest BCUT2D eigenvalue weighted by Gasteiger charge is -2.31. The Kier molecular flexibility index (Phi) is 4.22. The maximum atomic E-state index is 12.6. The Morgan fingerprint density at radius 2 is 2.00 bits per heavy atom. The van der Waals surface area contributed by atoms with Gasteiger partial charge in [-0.25, -0.2) is 8.42 Å². The van der Waals surface area contributed by atoms with Crippen molar-refractivity contribution in [1.82, 2.24) is 4.31 Å². The smallest absolute Gasteiger partial charge is 0.207 e. The van der Waals surface area contributed by atoms with Gasteiger partial charge in [0.05, 0.1) is 16.5 Å². The van der Waals surface area contributed by atoms with Crippen LogP contribution < -0.4 is 0 Å². The monoisotopic (exact) mass is 304 g/mol. The minimum Gasteiger partial charge on any atom is -0.207 e. The van der Waals surface area contributed by atoms with E-state index in [0.29, 0.717) is 18.7 Å². The van der Waals surface area contributed by atoms with Gasteiger partial charge in [-0.3, -0.25) is 0 Å². The van der Waals surface area contributed by atoms with Gasteiger partial charge in [-0.15, -0.1) is 0 Å². The van der Waals surface area contributed by atoms with Crippen LogP contribution in [0.1, 0.15) is 32.8 Å². The van der Waals surface area contributed by atoms with Crippen molar-refractivity contribution in [2.75, 3.05) is 13.1 Å². The van der Waals surface area contributed by atoms with Crippen LogP contribution in [0.4, 0.5) is 0 Å². The van der Waals surface area contributed by atoms with E-state index in [2.05, 4.69) is 20.8 Å². The van der Waals surface area contributed by atoms with Gasteiger partial charge in [0.2, 0.25) is 10.0 Å². The zero-order chi connectivity index (χ0) is 15.7. The Labute approximate surface area is 126 Å². The molecule has 0 saturated carbocycles. The van der Waals surface area contributed by atoms with Gasteiger partial charge < -0.3 is 0 Å². The molecule has 0 amide bonds. The van der Waals surface area contributed by atoms with Crippen molar-refractivity contribution < 1.29 is 8.42 Å². The van der Waals surface area contributed by atoms with Crippen LogP contribution in [-0.4, -0.2) is 25.8 Å². The van der Waals surface area contributed by atoms with E-state index in [0.717, 1.165) is 6.42 Å². The van der Waals surface area contributed by atoms with Crippen LogP contribution in [0.15, 0.2) is 40.8 Å². The van der Waals surface area contributed by atoms with Crippen LogP contribution in [0, 0.1) is 16.7 Å². The molecule has 0 fully saturated rings. The highest BCUT2D eigenvalue weighted by molar-refractivity contribution is 7.89. The van der Waals surface area contributed by atoms with Crippen molar-refractivity contribution in [1.29, 1.82) is 5.26 Å². The molecule has 1 aliphatic heterocycles. The Bertz CT molecular complexity index is 707. The first-order chi connectivity index (χ1) is 9.75. The molecular weight excluding hydrogens is 284 g/mol. The zero-order valence-electron chi connectivity index (χ0n) is 12.6. The van der Waals surface area contributed by atoms with Crippen LogP contribution in [0.5, 0.6) is 0 Å². The van der Waals surface area contributed by atoms with Crippen LogP contribution in [-0.2, 0) is 10.0 Å². The second-order valence-electron chi connectivity index (χ2n) is 6.23. The summed E-state index contributed by atoms with van der Waals surface area (Å²) in [5.41, 5.74) is 1.73. The normalized spacial score (nSPS) is 17.1.